The highest BCUT2D eigenvalue weighted by molar-refractivity contribution is 5.71. The van der Waals surface area contributed by atoms with Crippen LogP contribution < -0.4 is 0 Å². The Hall–Kier alpha value is -5.65. The third-order valence-electron chi connectivity index (χ3n) is 18.5. The van der Waals surface area contributed by atoms with Gasteiger partial charge in [-0.2, -0.15) is 0 Å². The second-order valence-electron chi connectivity index (χ2n) is 28.6. The van der Waals surface area contributed by atoms with E-state index in [-0.39, 0.29) is 155 Å². The van der Waals surface area contributed by atoms with E-state index in [9.17, 15) is 53.4 Å². The number of hydrogen-bond donors (Lipinski definition) is 2. The van der Waals surface area contributed by atoms with Gasteiger partial charge in [0.1, 0.15) is 39.6 Å². The van der Waals surface area contributed by atoms with E-state index >= 15 is 0 Å². The second-order valence-corrected chi connectivity index (χ2v) is 28.6. The number of aliphatic hydroxyl groups is 2. The Labute approximate surface area is 665 Å². The van der Waals surface area contributed by atoms with Crippen molar-refractivity contribution in [2.75, 3.05) is 140 Å². The summed E-state index contributed by atoms with van der Waals surface area (Å²) in [6, 6.07) is 0. The number of carbonyl (C=O) groups is 9. The quantitative estimate of drug-likeness (QED) is 0.0247. The Balaban J connectivity index is 6.00. The SMILES string of the molecule is CCCCCCCCOC(CCC(=O)OCC(COC(=O)CCCCCC(=O)OC)COC(=O)OCCCCCC(CCOC(=O)OCC(COC(=O)CCCCCC(=O)OC)COC(=O)CCC(OCCCCCCCC)OCCCCCCCC)COC(=O)OCCCN(CCO)CCO)OCCCCCCCC. The summed E-state index contributed by atoms with van der Waals surface area (Å²) in [7, 11) is 2.63. The normalized spacial score (nSPS) is 12.1. The molecule has 0 aromatic rings. The second kappa shape index (κ2) is 79.6. The van der Waals surface area contributed by atoms with Gasteiger partial charge in [0, 0.05) is 84.6 Å². The first-order valence-electron chi connectivity index (χ1n) is 42.6. The summed E-state index contributed by atoms with van der Waals surface area (Å²) >= 11 is 0. The van der Waals surface area contributed by atoms with Gasteiger partial charge in [0.05, 0.1) is 78.5 Å². The van der Waals surface area contributed by atoms with E-state index in [1.165, 1.54) is 78.4 Å². The topological polar surface area (TPSA) is 345 Å². The molecule has 0 aliphatic heterocycles. The van der Waals surface area contributed by atoms with Crippen LogP contribution in [0.25, 0.3) is 0 Å². The summed E-state index contributed by atoms with van der Waals surface area (Å²) in [4.78, 5) is 116. The highest BCUT2D eigenvalue weighted by Crippen LogP contribution is 2.20. The van der Waals surface area contributed by atoms with Gasteiger partial charge in [-0.3, -0.25) is 33.7 Å². The Bertz CT molecular complexity index is 2200. The molecule has 0 fully saturated rings. The molecule has 0 spiro atoms. The average Bonchev–Trinajstić information content (AvgIpc) is 0.951. The fraction of sp³-hybridized carbons (Fsp3) is 0.892. The zero-order chi connectivity index (χ0) is 81.5. The number of unbranched alkanes of at least 4 members (excludes halogenated alkanes) is 26. The number of methoxy groups -OCH3 is 2. The molecule has 28 heteroatoms. The van der Waals surface area contributed by atoms with E-state index in [1.807, 2.05) is 4.90 Å². The van der Waals surface area contributed by atoms with Crippen LogP contribution in [0.2, 0.25) is 0 Å². The van der Waals surface area contributed by atoms with Crippen LogP contribution in [0.5, 0.6) is 0 Å². The van der Waals surface area contributed by atoms with E-state index < -0.39 is 66.8 Å². The minimum atomic E-state index is -1.04. The highest BCUT2D eigenvalue weighted by atomic mass is 16.7. The minimum absolute atomic E-state index is 0.00602. The molecular weight excluding hydrogens is 1440 g/mol. The smallest absolute Gasteiger partial charge is 0.469 e. The third kappa shape index (κ3) is 71.8. The molecule has 0 bridgehead atoms. The van der Waals surface area contributed by atoms with Crippen LogP contribution in [0, 0.1) is 17.8 Å². The Kier molecular flexibility index (Phi) is 75.5. The van der Waals surface area contributed by atoms with Crippen LogP contribution in [0.15, 0.2) is 0 Å². The molecule has 28 nitrogen and oxygen atoms in total. The molecule has 111 heavy (non-hydrogen) atoms. The number of hydrogen-bond acceptors (Lipinski definition) is 28. The number of esters is 6. The zero-order valence-electron chi connectivity index (χ0n) is 69.5. The fourth-order valence-corrected chi connectivity index (χ4v) is 11.6. The van der Waals surface area contributed by atoms with Gasteiger partial charge in [0.15, 0.2) is 12.6 Å². The number of aliphatic hydroxyl groups excluding tert-OH is 2. The lowest BCUT2D eigenvalue weighted by Gasteiger charge is -2.20. The van der Waals surface area contributed by atoms with Crippen molar-refractivity contribution in [2.24, 2.45) is 17.8 Å². The van der Waals surface area contributed by atoms with Crippen molar-refractivity contribution in [1.82, 2.24) is 4.90 Å². The molecule has 0 amide bonds. The standard InChI is InChI=1S/C83H151NO27/c1-7-11-15-19-23-35-56-98-79(99-57-36-24-20-16-12-8-2)48-46-77(91)107-66-71(64-105-75(89)44-33-27-31-42-73(87)96-5)68-110-81(93)102-60-39-29-30-41-70(63-109-82(94)103-61-40-51-84(52-54-85)53-55-86)50-62-104-83(95)111-69-72(65-106-76(90)45-34-28-32-43-74(88)97-6)67-108-78(92)47-49-80(100-58-37-25-21-17-13-9-3)101-59-38-26-22-18-14-10-4/h70-72,79-80,85-86H,7-69H2,1-6H3. The lowest BCUT2D eigenvalue weighted by molar-refractivity contribution is -0.161. The van der Waals surface area contributed by atoms with Crippen molar-refractivity contribution in [3.63, 3.8) is 0 Å². The summed E-state index contributed by atoms with van der Waals surface area (Å²) in [5.41, 5.74) is 0. The van der Waals surface area contributed by atoms with Crippen LogP contribution in [-0.4, -0.2) is 222 Å². The molecule has 3 atom stereocenters. The van der Waals surface area contributed by atoms with Crippen molar-refractivity contribution in [2.45, 2.75) is 323 Å². The van der Waals surface area contributed by atoms with Gasteiger partial charge in [-0.15, -0.1) is 0 Å². The predicted octanol–water partition coefficient (Wildman–Crippen LogP) is 16.1. The van der Waals surface area contributed by atoms with Gasteiger partial charge in [-0.05, 0) is 83.0 Å². The highest BCUT2D eigenvalue weighted by Gasteiger charge is 2.24. The van der Waals surface area contributed by atoms with E-state index in [0.29, 0.717) is 117 Å². The van der Waals surface area contributed by atoms with Crippen molar-refractivity contribution in [3.8, 4) is 0 Å². The van der Waals surface area contributed by atoms with Gasteiger partial charge >= 0.3 is 54.3 Å². The number of carbonyl (C=O) groups excluding carboxylic acids is 9. The largest absolute Gasteiger partial charge is 0.508 e. The Morgan fingerprint density at radius 3 is 0.883 bits per heavy atom. The van der Waals surface area contributed by atoms with Crippen LogP contribution >= 0.6 is 0 Å². The summed E-state index contributed by atoms with van der Waals surface area (Å²) in [6.07, 6.45) is 29.3. The first kappa shape index (κ1) is 105. The van der Waals surface area contributed by atoms with Crippen molar-refractivity contribution in [1.29, 1.82) is 0 Å². The third-order valence-corrected chi connectivity index (χ3v) is 18.5. The van der Waals surface area contributed by atoms with Crippen molar-refractivity contribution < 1.29 is 129 Å². The summed E-state index contributed by atoms with van der Waals surface area (Å²) < 4.78 is 89.0. The molecule has 0 heterocycles. The maximum Gasteiger partial charge on any atom is 0.508 e. The van der Waals surface area contributed by atoms with Gasteiger partial charge in [-0.25, -0.2) is 14.4 Å². The molecule has 0 aromatic heterocycles. The van der Waals surface area contributed by atoms with Crippen LogP contribution in [0.3, 0.4) is 0 Å². The first-order chi connectivity index (χ1) is 54.0. The molecule has 0 saturated heterocycles. The minimum Gasteiger partial charge on any atom is -0.469 e. The van der Waals surface area contributed by atoms with E-state index in [1.54, 1.807) is 0 Å². The molecule has 0 aromatic carbocycles. The van der Waals surface area contributed by atoms with Gasteiger partial charge < -0.3 is 86.0 Å². The van der Waals surface area contributed by atoms with Crippen LogP contribution in [0.4, 0.5) is 14.4 Å². The summed E-state index contributed by atoms with van der Waals surface area (Å²) in [5, 5.41) is 18.8. The average molecular weight is 1600 g/mol. The van der Waals surface area contributed by atoms with Crippen molar-refractivity contribution >= 4 is 54.3 Å². The maximum atomic E-state index is 13.3. The molecule has 0 rings (SSSR count). The monoisotopic (exact) mass is 1590 g/mol. The molecule has 0 aliphatic rings. The van der Waals surface area contributed by atoms with E-state index in [4.69, 9.17) is 75.8 Å². The molecule has 3 unspecified atom stereocenters. The number of rotatable bonds is 81. The van der Waals surface area contributed by atoms with E-state index in [2.05, 4.69) is 27.7 Å². The van der Waals surface area contributed by atoms with Crippen LogP contribution in [0.1, 0.15) is 310 Å². The molecule has 0 aliphatic carbocycles. The predicted molar refractivity (Wildman–Crippen MR) is 418 cm³/mol. The Morgan fingerprint density at radius 2 is 0.532 bits per heavy atom. The fourth-order valence-electron chi connectivity index (χ4n) is 11.6. The molecule has 650 valence electrons. The lowest BCUT2D eigenvalue weighted by atomic mass is 9.99. The first-order valence-corrected chi connectivity index (χ1v) is 42.6. The molecular formula is C83H151NO27. The molecule has 0 radical (unpaired) electrons. The number of ether oxygens (including phenoxy) is 16. The lowest BCUT2D eigenvalue weighted by Crippen LogP contribution is -2.31. The van der Waals surface area contributed by atoms with E-state index in [0.717, 1.165) is 89.9 Å². The summed E-state index contributed by atoms with van der Waals surface area (Å²) in [5.74, 6) is -4.61. The Morgan fingerprint density at radius 1 is 0.252 bits per heavy atom. The van der Waals surface area contributed by atoms with Gasteiger partial charge in [-0.1, -0.05) is 182 Å². The number of nitrogens with zero attached hydrogens (tertiary/aromatic N) is 1. The van der Waals surface area contributed by atoms with Crippen molar-refractivity contribution in [3.05, 3.63) is 0 Å². The van der Waals surface area contributed by atoms with Gasteiger partial charge in [0.2, 0.25) is 0 Å². The van der Waals surface area contributed by atoms with Crippen LogP contribution in [-0.2, 0) is 105 Å². The summed E-state index contributed by atoms with van der Waals surface area (Å²) in [6.45, 7) is 9.90. The van der Waals surface area contributed by atoms with Gasteiger partial charge in [0.25, 0.3) is 0 Å². The zero-order valence-corrected chi connectivity index (χ0v) is 69.5. The molecule has 2 N–H and O–H groups in total. The molecule has 0 saturated carbocycles. The maximum absolute atomic E-state index is 13.3.